The number of nitrogens with zero attached hydrogens (tertiary/aromatic N) is 2. The van der Waals surface area contributed by atoms with E-state index >= 15 is 0 Å². The van der Waals surface area contributed by atoms with Crippen LogP contribution in [0.25, 0.3) is 0 Å². The number of anilines is 2. The van der Waals surface area contributed by atoms with Crippen LogP contribution in [0, 0.1) is 0 Å². The van der Waals surface area contributed by atoms with E-state index in [0.717, 1.165) is 12.2 Å². The first-order valence-corrected chi connectivity index (χ1v) is 4.71. The quantitative estimate of drug-likeness (QED) is 0.736. The van der Waals surface area contributed by atoms with Crippen molar-refractivity contribution in [2.75, 3.05) is 38.8 Å². The molecule has 14 heavy (non-hydrogen) atoms. The Labute approximate surface area is 86.1 Å². The third-order valence-electron chi connectivity index (χ3n) is 2.07. The molecular weight excluding hydrogens is 174 g/mol. The highest BCUT2D eigenvalue weighted by atomic mass is 15.1. The Hall–Kier alpha value is -1.22. The summed E-state index contributed by atoms with van der Waals surface area (Å²) < 4.78 is 0. The summed E-state index contributed by atoms with van der Waals surface area (Å²) in [6, 6.07) is 6.04. The van der Waals surface area contributed by atoms with Gasteiger partial charge in [-0.25, -0.2) is 0 Å². The van der Waals surface area contributed by atoms with Crippen molar-refractivity contribution in [3.8, 4) is 0 Å². The van der Waals surface area contributed by atoms with E-state index in [-0.39, 0.29) is 0 Å². The van der Waals surface area contributed by atoms with Gasteiger partial charge in [-0.05, 0) is 37.9 Å². The SMILES string of the molecule is CN(C)Cc1cc(N)ccc1N(C)C. The molecule has 0 aromatic heterocycles. The first-order valence-electron chi connectivity index (χ1n) is 4.71. The zero-order chi connectivity index (χ0) is 10.7. The van der Waals surface area contributed by atoms with E-state index in [4.69, 9.17) is 5.73 Å². The smallest absolute Gasteiger partial charge is 0.0408 e. The second-order valence-electron chi connectivity index (χ2n) is 4.02. The molecule has 0 aliphatic heterocycles. The molecule has 0 bridgehead atoms. The van der Waals surface area contributed by atoms with Gasteiger partial charge in [0.15, 0.2) is 0 Å². The van der Waals surface area contributed by atoms with E-state index < -0.39 is 0 Å². The maximum absolute atomic E-state index is 5.77. The van der Waals surface area contributed by atoms with Gasteiger partial charge in [-0.2, -0.15) is 0 Å². The summed E-state index contributed by atoms with van der Waals surface area (Å²) in [6.45, 7) is 0.915. The Morgan fingerprint density at radius 1 is 1.14 bits per heavy atom. The first-order chi connectivity index (χ1) is 6.50. The normalized spacial score (nSPS) is 10.6. The Morgan fingerprint density at radius 3 is 2.29 bits per heavy atom. The molecule has 78 valence electrons. The largest absolute Gasteiger partial charge is 0.399 e. The number of nitrogens with two attached hydrogens (primary N) is 1. The van der Waals surface area contributed by atoms with Crippen LogP contribution in [0.3, 0.4) is 0 Å². The molecule has 0 fully saturated rings. The predicted octanol–water partition coefficient (Wildman–Crippen LogP) is 1.40. The number of hydrogen-bond donors (Lipinski definition) is 1. The van der Waals surface area contributed by atoms with Gasteiger partial charge < -0.3 is 15.5 Å². The lowest BCUT2D eigenvalue weighted by Crippen LogP contribution is -2.16. The van der Waals surface area contributed by atoms with E-state index in [0.29, 0.717) is 0 Å². The highest BCUT2D eigenvalue weighted by Gasteiger charge is 2.05. The van der Waals surface area contributed by atoms with Gasteiger partial charge >= 0.3 is 0 Å². The number of benzene rings is 1. The maximum Gasteiger partial charge on any atom is 0.0408 e. The minimum absolute atomic E-state index is 0.826. The summed E-state index contributed by atoms with van der Waals surface area (Å²) in [7, 11) is 8.21. The van der Waals surface area contributed by atoms with Crippen LogP contribution in [0.15, 0.2) is 18.2 Å². The van der Waals surface area contributed by atoms with Crippen LogP contribution in [0.2, 0.25) is 0 Å². The zero-order valence-electron chi connectivity index (χ0n) is 9.41. The molecule has 0 atom stereocenters. The molecular formula is C11H19N3. The molecule has 0 saturated carbocycles. The average molecular weight is 193 g/mol. The molecule has 0 aliphatic rings. The topological polar surface area (TPSA) is 32.5 Å². The summed E-state index contributed by atoms with van der Waals surface area (Å²) in [4.78, 5) is 4.25. The van der Waals surface area contributed by atoms with Crippen molar-refractivity contribution in [2.45, 2.75) is 6.54 Å². The van der Waals surface area contributed by atoms with Crippen molar-refractivity contribution >= 4 is 11.4 Å². The summed E-state index contributed by atoms with van der Waals surface area (Å²) in [6.07, 6.45) is 0. The van der Waals surface area contributed by atoms with Gasteiger partial charge in [0.1, 0.15) is 0 Å². The summed E-state index contributed by atoms with van der Waals surface area (Å²) in [5.41, 5.74) is 9.09. The van der Waals surface area contributed by atoms with Crippen LogP contribution >= 0.6 is 0 Å². The number of nitrogen functional groups attached to an aromatic ring is 1. The van der Waals surface area contributed by atoms with Crippen LogP contribution in [-0.4, -0.2) is 33.1 Å². The monoisotopic (exact) mass is 193 g/mol. The van der Waals surface area contributed by atoms with Crippen molar-refractivity contribution in [3.63, 3.8) is 0 Å². The van der Waals surface area contributed by atoms with Crippen molar-refractivity contribution in [2.24, 2.45) is 0 Å². The first kappa shape index (κ1) is 10.9. The summed E-state index contributed by atoms with van der Waals surface area (Å²) in [5, 5.41) is 0. The lowest BCUT2D eigenvalue weighted by molar-refractivity contribution is 0.403. The fourth-order valence-corrected chi connectivity index (χ4v) is 1.51. The maximum atomic E-state index is 5.77. The summed E-state index contributed by atoms with van der Waals surface area (Å²) in [5.74, 6) is 0. The molecule has 0 saturated heterocycles. The Morgan fingerprint density at radius 2 is 1.79 bits per heavy atom. The van der Waals surface area contributed by atoms with Crippen molar-refractivity contribution < 1.29 is 0 Å². The van der Waals surface area contributed by atoms with E-state index in [1.54, 1.807) is 0 Å². The molecule has 1 aromatic carbocycles. The summed E-state index contributed by atoms with van der Waals surface area (Å²) >= 11 is 0. The van der Waals surface area contributed by atoms with Gasteiger partial charge in [-0.3, -0.25) is 0 Å². The molecule has 3 heteroatoms. The van der Waals surface area contributed by atoms with Crippen LogP contribution in [0.5, 0.6) is 0 Å². The molecule has 0 radical (unpaired) electrons. The molecule has 1 rings (SSSR count). The van der Waals surface area contributed by atoms with Crippen LogP contribution in [-0.2, 0) is 6.54 Å². The van der Waals surface area contributed by atoms with Crippen molar-refractivity contribution in [3.05, 3.63) is 23.8 Å². The lowest BCUT2D eigenvalue weighted by atomic mass is 10.1. The van der Waals surface area contributed by atoms with E-state index in [2.05, 4.69) is 30.0 Å². The molecule has 2 N–H and O–H groups in total. The van der Waals surface area contributed by atoms with Crippen molar-refractivity contribution in [1.82, 2.24) is 4.90 Å². The van der Waals surface area contributed by atoms with E-state index in [1.807, 2.05) is 26.2 Å². The molecule has 3 nitrogen and oxygen atoms in total. The van der Waals surface area contributed by atoms with Gasteiger partial charge in [0, 0.05) is 32.0 Å². The second-order valence-corrected chi connectivity index (χ2v) is 4.02. The predicted molar refractivity (Wildman–Crippen MR) is 62.6 cm³/mol. The lowest BCUT2D eigenvalue weighted by Gasteiger charge is -2.20. The fraction of sp³-hybridized carbons (Fsp3) is 0.455. The van der Waals surface area contributed by atoms with Gasteiger partial charge in [-0.1, -0.05) is 0 Å². The second kappa shape index (κ2) is 4.33. The van der Waals surface area contributed by atoms with Crippen molar-refractivity contribution in [1.29, 1.82) is 0 Å². The van der Waals surface area contributed by atoms with Gasteiger partial charge in [0.25, 0.3) is 0 Å². The Kier molecular flexibility index (Phi) is 3.36. The molecule has 0 aliphatic carbocycles. The van der Waals surface area contributed by atoms with Gasteiger partial charge in [0.05, 0.1) is 0 Å². The number of rotatable bonds is 3. The van der Waals surface area contributed by atoms with Crippen LogP contribution in [0.4, 0.5) is 11.4 Å². The molecule has 0 unspecified atom stereocenters. The van der Waals surface area contributed by atoms with Gasteiger partial charge in [-0.15, -0.1) is 0 Å². The van der Waals surface area contributed by atoms with E-state index in [9.17, 15) is 0 Å². The standard InChI is InChI=1S/C11H19N3/c1-13(2)8-9-7-10(12)5-6-11(9)14(3)4/h5-7H,8,12H2,1-4H3. The van der Waals surface area contributed by atoms with Gasteiger partial charge in [0.2, 0.25) is 0 Å². The Bertz CT molecular complexity index is 305. The van der Waals surface area contributed by atoms with Crippen LogP contribution < -0.4 is 10.6 Å². The third-order valence-corrected chi connectivity index (χ3v) is 2.07. The fourth-order valence-electron chi connectivity index (χ4n) is 1.51. The minimum atomic E-state index is 0.826. The number of hydrogen-bond acceptors (Lipinski definition) is 3. The minimum Gasteiger partial charge on any atom is -0.399 e. The third kappa shape index (κ3) is 2.64. The average Bonchev–Trinajstić information content (AvgIpc) is 2.01. The highest BCUT2D eigenvalue weighted by molar-refractivity contribution is 5.58. The Balaban J connectivity index is 3.03. The molecule has 0 heterocycles. The highest BCUT2D eigenvalue weighted by Crippen LogP contribution is 2.22. The van der Waals surface area contributed by atoms with Crippen LogP contribution in [0.1, 0.15) is 5.56 Å². The zero-order valence-corrected chi connectivity index (χ0v) is 9.41. The molecule has 0 amide bonds. The molecule has 0 spiro atoms. The van der Waals surface area contributed by atoms with E-state index in [1.165, 1.54) is 11.3 Å². The molecule has 1 aromatic rings.